The van der Waals surface area contributed by atoms with Crippen molar-refractivity contribution in [1.29, 1.82) is 0 Å². The van der Waals surface area contributed by atoms with Crippen LogP contribution in [0.3, 0.4) is 0 Å². The highest BCUT2D eigenvalue weighted by atomic mass is 16.8. The molecule has 1 unspecified atom stereocenters. The lowest BCUT2D eigenvalue weighted by atomic mass is 9.81. The Morgan fingerprint density at radius 2 is 1.65 bits per heavy atom. The van der Waals surface area contributed by atoms with Crippen LogP contribution in [0, 0.1) is 6.92 Å². The summed E-state index contributed by atoms with van der Waals surface area (Å²) in [4.78, 5) is 12.2. The molecule has 0 bridgehead atoms. The van der Waals surface area contributed by atoms with Gasteiger partial charge in [-0.1, -0.05) is 36.2 Å². The molecule has 0 radical (unpaired) electrons. The van der Waals surface area contributed by atoms with Gasteiger partial charge in [0.25, 0.3) is 0 Å². The van der Waals surface area contributed by atoms with Crippen LogP contribution in [-0.4, -0.2) is 46.7 Å². The zero-order chi connectivity index (χ0) is 28.1. The first-order valence-corrected chi connectivity index (χ1v) is 14.4. The number of aromatic nitrogens is 2. The number of aryl methyl sites for hydroxylation is 1. The lowest BCUT2D eigenvalue weighted by Gasteiger charge is -2.35. The third-order valence-electron chi connectivity index (χ3n) is 8.07. The topological polar surface area (TPSA) is 92.0 Å². The molecule has 1 atom stereocenters. The molecule has 0 aliphatic heterocycles. The molecule has 40 heavy (non-hydrogen) atoms. The van der Waals surface area contributed by atoms with Crippen LogP contribution in [0.15, 0.2) is 54.6 Å². The molecule has 1 aromatic heterocycles. The van der Waals surface area contributed by atoms with E-state index in [9.17, 15) is 9.90 Å². The monoisotopic (exact) mass is 548 g/mol. The van der Waals surface area contributed by atoms with Gasteiger partial charge < -0.3 is 24.1 Å². The van der Waals surface area contributed by atoms with Crippen LogP contribution >= 0.6 is 0 Å². The van der Waals surface area contributed by atoms with Crippen LogP contribution < -0.4 is 4.74 Å². The molecule has 5 rings (SSSR count). The molecule has 2 fully saturated rings. The van der Waals surface area contributed by atoms with E-state index in [1.165, 1.54) is 12.0 Å². The smallest absolute Gasteiger partial charge is 0.497 e. The summed E-state index contributed by atoms with van der Waals surface area (Å²) >= 11 is 0. The molecule has 2 aliphatic carbocycles. The average Bonchev–Trinajstić information content (AvgIpc) is 3.42. The molecule has 0 spiro atoms. The van der Waals surface area contributed by atoms with Gasteiger partial charge in [-0.2, -0.15) is 5.10 Å². The highest BCUT2D eigenvalue weighted by Crippen LogP contribution is 2.40. The van der Waals surface area contributed by atoms with Gasteiger partial charge in [0, 0.05) is 5.56 Å². The minimum absolute atomic E-state index is 0.0549. The van der Waals surface area contributed by atoms with E-state index in [2.05, 4.69) is 31.2 Å². The third kappa shape index (κ3) is 6.67. The van der Waals surface area contributed by atoms with Crippen molar-refractivity contribution in [3.8, 4) is 22.7 Å². The Labute approximate surface area is 236 Å². The molecule has 3 aromatic rings. The van der Waals surface area contributed by atoms with E-state index >= 15 is 0 Å². The highest BCUT2D eigenvalue weighted by molar-refractivity contribution is 5.63. The Morgan fingerprint density at radius 3 is 2.30 bits per heavy atom. The molecule has 8 heteroatoms. The molecular weight excluding hydrogens is 508 g/mol. The Hall–Kier alpha value is -3.36. The van der Waals surface area contributed by atoms with Gasteiger partial charge in [-0.15, -0.1) is 0 Å². The zero-order valence-electron chi connectivity index (χ0n) is 23.7. The van der Waals surface area contributed by atoms with Crippen LogP contribution in [0.2, 0.25) is 0 Å². The summed E-state index contributed by atoms with van der Waals surface area (Å²) in [6.07, 6.45) is 5.81. The number of methoxy groups -OCH3 is 1. The van der Waals surface area contributed by atoms with Crippen molar-refractivity contribution in [2.24, 2.45) is 0 Å². The van der Waals surface area contributed by atoms with Crippen LogP contribution in [0.5, 0.6) is 5.75 Å². The molecule has 1 heterocycles. The van der Waals surface area contributed by atoms with Crippen molar-refractivity contribution in [3.63, 3.8) is 0 Å². The third-order valence-corrected chi connectivity index (χ3v) is 8.07. The summed E-state index contributed by atoms with van der Waals surface area (Å²) < 4.78 is 24.0. The number of aliphatic hydroxyl groups is 1. The number of benzene rings is 2. The number of hydrogen-bond acceptors (Lipinski definition) is 7. The zero-order valence-corrected chi connectivity index (χ0v) is 23.7. The second-order valence-corrected chi connectivity index (χ2v) is 11.1. The molecular formula is C32H40N2O6. The quantitative estimate of drug-likeness (QED) is 0.243. The second kappa shape index (κ2) is 12.4. The van der Waals surface area contributed by atoms with Crippen LogP contribution in [0.4, 0.5) is 4.79 Å². The van der Waals surface area contributed by atoms with Gasteiger partial charge in [-0.3, -0.25) is 0 Å². The van der Waals surface area contributed by atoms with E-state index in [0.717, 1.165) is 48.4 Å². The summed E-state index contributed by atoms with van der Waals surface area (Å²) in [5.41, 5.74) is 3.54. The van der Waals surface area contributed by atoms with E-state index in [0.29, 0.717) is 31.4 Å². The maximum Gasteiger partial charge on any atom is 0.510 e. The standard InChI is InChI=1S/C32H40N2O6/c1-22-9-11-24(12-10-22)29-21-30(33-34(29)25-13-15-26(37-3)16-14-25)32(36)19-17-28(18-20-32)38-23(2)39-31(35)40-27-7-5-4-6-8-27/h9-16,21,23,27-28,36H,4-8,17-20H2,1-3H3. The summed E-state index contributed by atoms with van der Waals surface area (Å²) in [5.74, 6) is 0.769. The highest BCUT2D eigenvalue weighted by Gasteiger charge is 2.38. The van der Waals surface area contributed by atoms with Gasteiger partial charge >= 0.3 is 6.16 Å². The predicted octanol–water partition coefficient (Wildman–Crippen LogP) is 6.84. The van der Waals surface area contributed by atoms with Crippen LogP contribution in [0.1, 0.15) is 76.0 Å². The normalized spacial score (nSPS) is 22.4. The van der Waals surface area contributed by atoms with Crippen LogP contribution in [0.25, 0.3) is 16.9 Å². The molecule has 2 aromatic carbocycles. The minimum atomic E-state index is -1.08. The van der Waals surface area contributed by atoms with Crippen LogP contribution in [-0.2, 0) is 19.8 Å². The summed E-state index contributed by atoms with van der Waals surface area (Å²) in [5, 5.41) is 16.6. The molecule has 0 saturated heterocycles. The summed E-state index contributed by atoms with van der Waals surface area (Å²) in [7, 11) is 1.64. The van der Waals surface area contributed by atoms with E-state index in [1.807, 2.05) is 35.0 Å². The Balaban J connectivity index is 1.25. The lowest BCUT2D eigenvalue weighted by Crippen LogP contribution is -2.37. The van der Waals surface area contributed by atoms with Crippen molar-refractivity contribution < 1.29 is 28.8 Å². The van der Waals surface area contributed by atoms with Gasteiger partial charge in [0.15, 0.2) is 0 Å². The van der Waals surface area contributed by atoms with Gasteiger partial charge in [0.05, 0.1) is 30.3 Å². The average molecular weight is 549 g/mol. The largest absolute Gasteiger partial charge is 0.510 e. The van der Waals surface area contributed by atoms with E-state index < -0.39 is 18.0 Å². The van der Waals surface area contributed by atoms with Gasteiger partial charge in [0.1, 0.15) is 17.5 Å². The number of carbonyl (C=O) groups excluding carboxylic acids is 1. The lowest BCUT2D eigenvalue weighted by molar-refractivity contribution is -0.164. The SMILES string of the molecule is COc1ccc(-n2nc(C3(O)CCC(OC(C)OC(=O)OC4CCCCC4)CC3)cc2-c2ccc(C)cc2)cc1. The van der Waals surface area contributed by atoms with Crippen molar-refractivity contribution in [1.82, 2.24) is 9.78 Å². The van der Waals surface area contributed by atoms with E-state index in [1.54, 1.807) is 14.0 Å². The Kier molecular flexibility index (Phi) is 8.76. The number of carbonyl (C=O) groups is 1. The van der Waals surface area contributed by atoms with E-state index in [4.69, 9.17) is 24.0 Å². The number of ether oxygens (including phenoxy) is 4. The van der Waals surface area contributed by atoms with Crippen molar-refractivity contribution in [2.75, 3.05) is 7.11 Å². The van der Waals surface area contributed by atoms with Crippen molar-refractivity contribution >= 4 is 6.16 Å². The molecule has 2 aliphatic rings. The number of nitrogens with zero attached hydrogens (tertiary/aromatic N) is 2. The fraction of sp³-hybridized carbons (Fsp3) is 0.500. The molecule has 1 N–H and O–H groups in total. The van der Waals surface area contributed by atoms with Gasteiger partial charge in [-0.05, 0) is 95.5 Å². The first-order valence-electron chi connectivity index (χ1n) is 14.4. The maximum atomic E-state index is 12.2. The predicted molar refractivity (Wildman–Crippen MR) is 151 cm³/mol. The summed E-state index contributed by atoms with van der Waals surface area (Å²) in [6, 6.07) is 18.0. The van der Waals surface area contributed by atoms with Crippen molar-refractivity contribution in [2.45, 2.75) is 95.7 Å². The second-order valence-electron chi connectivity index (χ2n) is 11.1. The Morgan fingerprint density at radius 1 is 0.975 bits per heavy atom. The van der Waals surface area contributed by atoms with Gasteiger partial charge in [0.2, 0.25) is 6.29 Å². The molecule has 214 valence electrons. The first-order chi connectivity index (χ1) is 19.3. The molecule has 0 amide bonds. The fourth-order valence-electron chi connectivity index (χ4n) is 5.70. The first kappa shape index (κ1) is 28.2. The van der Waals surface area contributed by atoms with Gasteiger partial charge in [-0.25, -0.2) is 9.48 Å². The van der Waals surface area contributed by atoms with Crippen molar-refractivity contribution in [3.05, 3.63) is 65.9 Å². The summed E-state index contributed by atoms with van der Waals surface area (Å²) in [6.45, 7) is 3.78. The number of hydrogen-bond donors (Lipinski definition) is 1. The Bertz CT molecular complexity index is 1260. The maximum absolute atomic E-state index is 12.2. The molecule has 2 saturated carbocycles. The van der Waals surface area contributed by atoms with E-state index in [-0.39, 0.29) is 12.2 Å². The molecule has 8 nitrogen and oxygen atoms in total. The number of rotatable bonds is 8. The minimum Gasteiger partial charge on any atom is -0.497 e. The fourth-order valence-corrected chi connectivity index (χ4v) is 5.70.